The first-order valence-electron chi connectivity index (χ1n) is 5.78. The predicted molar refractivity (Wildman–Crippen MR) is 65.8 cm³/mol. The second kappa shape index (κ2) is 6.08. The lowest BCUT2D eigenvalue weighted by molar-refractivity contribution is -0.145. The first-order chi connectivity index (χ1) is 8.85. The van der Waals surface area contributed by atoms with E-state index in [0.29, 0.717) is 6.07 Å². The number of methoxy groups -OCH3 is 1. The van der Waals surface area contributed by atoms with Crippen molar-refractivity contribution in [1.82, 2.24) is 0 Å². The topological polar surface area (TPSA) is 72.5 Å². The second-order valence-electron chi connectivity index (χ2n) is 4.50. The highest BCUT2D eigenvalue weighted by atomic mass is 19.1. The minimum Gasteiger partial charge on any atom is -0.481 e. The molecule has 0 aliphatic heterocycles. The largest absolute Gasteiger partial charge is 0.481 e. The fourth-order valence-corrected chi connectivity index (χ4v) is 2.02. The maximum atomic E-state index is 13.3. The highest BCUT2D eigenvalue weighted by Gasteiger charge is 2.41. The fourth-order valence-electron chi connectivity index (χ4n) is 2.02. The molecule has 0 saturated heterocycles. The molecule has 0 radical (unpaired) electrons. The van der Waals surface area contributed by atoms with E-state index in [4.69, 9.17) is 10.5 Å². The smallest absolute Gasteiger partial charge is 0.315 e. The van der Waals surface area contributed by atoms with Gasteiger partial charge < -0.3 is 15.6 Å². The lowest BCUT2D eigenvalue weighted by Crippen LogP contribution is -2.45. The lowest BCUT2D eigenvalue weighted by Gasteiger charge is -2.30. The maximum Gasteiger partial charge on any atom is 0.315 e. The molecule has 0 heterocycles. The highest BCUT2D eigenvalue weighted by molar-refractivity contribution is 5.81. The van der Waals surface area contributed by atoms with Crippen LogP contribution in [0.3, 0.4) is 0 Å². The van der Waals surface area contributed by atoms with Gasteiger partial charge in [0, 0.05) is 19.7 Å². The number of halogens is 2. The molecular formula is C13H17F2NO3. The van der Waals surface area contributed by atoms with Crippen molar-refractivity contribution < 1.29 is 23.4 Å². The Labute approximate surface area is 110 Å². The van der Waals surface area contributed by atoms with Gasteiger partial charge >= 0.3 is 5.97 Å². The number of rotatable bonds is 6. The molecular weight excluding hydrogens is 256 g/mol. The van der Waals surface area contributed by atoms with Crippen molar-refractivity contribution in [2.45, 2.75) is 24.9 Å². The standard InChI is InChI=1S/C13H17F2NO3/c1-8(19-2)6-13(7-16,12(17)18)9-3-10(14)5-11(15)4-9/h3-5,8H,6-7,16H2,1-2H3,(H,17,18). The summed E-state index contributed by atoms with van der Waals surface area (Å²) in [6.45, 7) is 1.39. The van der Waals surface area contributed by atoms with Crippen LogP contribution in [-0.2, 0) is 14.9 Å². The predicted octanol–water partition coefficient (Wildman–Crippen LogP) is 1.67. The molecule has 1 aromatic rings. The van der Waals surface area contributed by atoms with Crippen molar-refractivity contribution in [3.8, 4) is 0 Å². The summed E-state index contributed by atoms with van der Waals surface area (Å²) in [6, 6.07) is 2.67. The molecule has 3 N–H and O–H groups in total. The molecule has 0 aromatic heterocycles. The Morgan fingerprint density at radius 2 is 1.95 bits per heavy atom. The van der Waals surface area contributed by atoms with E-state index in [1.807, 2.05) is 0 Å². The van der Waals surface area contributed by atoms with Gasteiger partial charge in [-0.25, -0.2) is 8.78 Å². The first kappa shape index (κ1) is 15.5. The minimum absolute atomic E-state index is 0.00361. The summed E-state index contributed by atoms with van der Waals surface area (Å²) in [4.78, 5) is 11.5. The van der Waals surface area contributed by atoms with Gasteiger partial charge in [-0.1, -0.05) is 0 Å². The molecule has 2 unspecified atom stereocenters. The van der Waals surface area contributed by atoms with E-state index >= 15 is 0 Å². The Hall–Kier alpha value is -1.53. The van der Waals surface area contributed by atoms with Crippen molar-refractivity contribution in [3.05, 3.63) is 35.4 Å². The molecule has 6 heteroatoms. The Balaban J connectivity index is 3.33. The summed E-state index contributed by atoms with van der Waals surface area (Å²) in [5.74, 6) is -2.90. The molecule has 0 saturated carbocycles. The summed E-state index contributed by atoms with van der Waals surface area (Å²) < 4.78 is 31.6. The third kappa shape index (κ3) is 3.27. The fraction of sp³-hybridized carbons (Fsp3) is 0.462. The molecule has 0 aliphatic carbocycles. The number of hydrogen-bond donors (Lipinski definition) is 2. The zero-order chi connectivity index (χ0) is 14.6. The maximum absolute atomic E-state index is 13.3. The number of carbonyl (C=O) groups is 1. The van der Waals surface area contributed by atoms with Crippen LogP contribution < -0.4 is 5.73 Å². The van der Waals surface area contributed by atoms with Crippen molar-refractivity contribution in [2.24, 2.45) is 5.73 Å². The second-order valence-corrected chi connectivity index (χ2v) is 4.50. The van der Waals surface area contributed by atoms with Gasteiger partial charge in [-0.2, -0.15) is 0 Å². The van der Waals surface area contributed by atoms with Crippen LogP contribution in [0.5, 0.6) is 0 Å². The van der Waals surface area contributed by atoms with Gasteiger partial charge in [0.15, 0.2) is 0 Å². The van der Waals surface area contributed by atoms with E-state index < -0.39 is 29.1 Å². The molecule has 1 rings (SSSR count). The summed E-state index contributed by atoms with van der Waals surface area (Å²) in [5.41, 5.74) is 4.00. The van der Waals surface area contributed by atoms with E-state index in [9.17, 15) is 18.7 Å². The number of nitrogens with two attached hydrogens (primary N) is 1. The third-order valence-corrected chi connectivity index (χ3v) is 3.21. The van der Waals surface area contributed by atoms with Crippen molar-refractivity contribution >= 4 is 5.97 Å². The van der Waals surface area contributed by atoms with Crippen LogP contribution in [-0.4, -0.2) is 30.8 Å². The van der Waals surface area contributed by atoms with Gasteiger partial charge in [-0.3, -0.25) is 4.79 Å². The zero-order valence-electron chi connectivity index (χ0n) is 10.8. The van der Waals surface area contributed by atoms with Crippen molar-refractivity contribution in [2.75, 3.05) is 13.7 Å². The number of ether oxygens (including phenoxy) is 1. The van der Waals surface area contributed by atoms with Crippen LogP contribution >= 0.6 is 0 Å². The van der Waals surface area contributed by atoms with E-state index in [0.717, 1.165) is 12.1 Å². The van der Waals surface area contributed by atoms with E-state index in [1.165, 1.54) is 7.11 Å². The van der Waals surface area contributed by atoms with E-state index in [-0.39, 0.29) is 18.5 Å². The number of hydrogen-bond acceptors (Lipinski definition) is 3. The highest BCUT2D eigenvalue weighted by Crippen LogP contribution is 2.31. The van der Waals surface area contributed by atoms with Crippen LogP contribution in [0.15, 0.2) is 18.2 Å². The van der Waals surface area contributed by atoms with E-state index in [2.05, 4.69) is 0 Å². The Kier molecular flexibility index (Phi) is 4.97. The Morgan fingerprint density at radius 1 is 1.42 bits per heavy atom. The summed E-state index contributed by atoms with van der Waals surface area (Å²) >= 11 is 0. The number of carboxylic acids is 1. The summed E-state index contributed by atoms with van der Waals surface area (Å²) in [5, 5.41) is 9.42. The quantitative estimate of drug-likeness (QED) is 0.827. The molecule has 4 nitrogen and oxygen atoms in total. The van der Waals surface area contributed by atoms with E-state index in [1.54, 1.807) is 6.92 Å². The average molecular weight is 273 g/mol. The van der Waals surface area contributed by atoms with Gasteiger partial charge in [0.2, 0.25) is 0 Å². The SMILES string of the molecule is COC(C)CC(CN)(C(=O)O)c1cc(F)cc(F)c1. The van der Waals surface area contributed by atoms with Crippen LogP contribution in [0.4, 0.5) is 8.78 Å². The number of benzene rings is 1. The zero-order valence-corrected chi connectivity index (χ0v) is 10.8. The van der Waals surface area contributed by atoms with Crippen LogP contribution in [0.2, 0.25) is 0 Å². The van der Waals surface area contributed by atoms with Gasteiger partial charge in [-0.05, 0) is 31.0 Å². The summed E-state index contributed by atoms with van der Waals surface area (Å²) in [7, 11) is 1.43. The van der Waals surface area contributed by atoms with Crippen LogP contribution in [0, 0.1) is 11.6 Å². The minimum atomic E-state index is -1.57. The average Bonchev–Trinajstić information content (AvgIpc) is 2.33. The molecule has 19 heavy (non-hydrogen) atoms. The first-order valence-corrected chi connectivity index (χ1v) is 5.78. The monoisotopic (exact) mass is 273 g/mol. The van der Waals surface area contributed by atoms with Crippen LogP contribution in [0.1, 0.15) is 18.9 Å². The van der Waals surface area contributed by atoms with Crippen LogP contribution in [0.25, 0.3) is 0 Å². The molecule has 106 valence electrons. The Morgan fingerprint density at radius 3 is 2.32 bits per heavy atom. The molecule has 0 amide bonds. The van der Waals surface area contributed by atoms with Gasteiger partial charge in [0.1, 0.15) is 17.0 Å². The molecule has 2 atom stereocenters. The molecule has 1 aromatic carbocycles. The molecule has 0 bridgehead atoms. The molecule has 0 fully saturated rings. The number of aliphatic carboxylic acids is 1. The lowest BCUT2D eigenvalue weighted by atomic mass is 9.76. The van der Waals surface area contributed by atoms with Gasteiger partial charge in [-0.15, -0.1) is 0 Å². The molecule has 0 aliphatic rings. The van der Waals surface area contributed by atoms with Crippen molar-refractivity contribution in [3.63, 3.8) is 0 Å². The van der Waals surface area contributed by atoms with Crippen molar-refractivity contribution in [1.29, 1.82) is 0 Å². The van der Waals surface area contributed by atoms with Gasteiger partial charge in [0.25, 0.3) is 0 Å². The third-order valence-electron chi connectivity index (χ3n) is 3.21. The normalized spacial score (nSPS) is 15.8. The summed E-state index contributed by atoms with van der Waals surface area (Å²) in [6.07, 6.45) is -0.385. The molecule has 0 spiro atoms. The number of carboxylic acid groups (broad SMARTS) is 1. The Bertz CT molecular complexity index is 447. The van der Waals surface area contributed by atoms with Gasteiger partial charge in [0.05, 0.1) is 6.10 Å².